The first-order valence-electron chi connectivity index (χ1n) is 8.58. The molecule has 0 fully saturated rings. The monoisotopic (exact) mass is 311 g/mol. The van der Waals surface area contributed by atoms with Crippen LogP contribution in [0.15, 0.2) is 30.3 Å². The summed E-state index contributed by atoms with van der Waals surface area (Å²) in [6.45, 7) is 5.76. The van der Waals surface area contributed by atoms with Crippen molar-refractivity contribution in [3.8, 4) is 0 Å². The third-order valence-corrected chi connectivity index (χ3v) is 3.81. The van der Waals surface area contributed by atoms with Crippen molar-refractivity contribution >= 4 is 18.1 Å². The van der Waals surface area contributed by atoms with Crippen molar-refractivity contribution in [1.82, 2.24) is 0 Å². The summed E-state index contributed by atoms with van der Waals surface area (Å²) in [4.78, 5) is 0. The van der Waals surface area contributed by atoms with Crippen molar-refractivity contribution in [2.24, 2.45) is 5.92 Å². The van der Waals surface area contributed by atoms with E-state index in [9.17, 15) is 0 Å². The fourth-order valence-electron chi connectivity index (χ4n) is 2.53. The van der Waals surface area contributed by atoms with E-state index in [1.807, 2.05) is 0 Å². The van der Waals surface area contributed by atoms with E-state index in [0.717, 1.165) is 12.5 Å². The molecule has 0 radical (unpaired) electrons. The van der Waals surface area contributed by atoms with E-state index < -0.39 is 0 Å². The Hall–Kier alpha value is -0.690. The van der Waals surface area contributed by atoms with E-state index in [1.54, 1.807) is 0 Å². The van der Waals surface area contributed by atoms with Gasteiger partial charge in [0.05, 0.1) is 0 Å². The van der Waals surface area contributed by atoms with Gasteiger partial charge in [0.2, 0.25) is 0 Å². The SMILES string of the molecule is CC(C)CCCCCCCCCCNc1ccccc1.Cl. The minimum Gasteiger partial charge on any atom is -0.385 e. The zero-order valence-electron chi connectivity index (χ0n) is 13.9. The molecule has 0 amide bonds. The second-order valence-electron chi connectivity index (χ2n) is 6.30. The van der Waals surface area contributed by atoms with Crippen LogP contribution < -0.4 is 5.32 Å². The minimum absolute atomic E-state index is 0. The first-order chi connectivity index (χ1) is 9.79. The predicted octanol–water partition coefficient (Wildman–Crippen LogP) is 6.69. The molecule has 0 aliphatic rings. The summed E-state index contributed by atoms with van der Waals surface area (Å²) in [5.74, 6) is 0.882. The number of anilines is 1. The minimum atomic E-state index is 0. The molecule has 1 rings (SSSR count). The average Bonchev–Trinajstić information content (AvgIpc) is 2.45. The molecule has 0 aliphatic carbocycles. The van der Waals surface area contributed by atoms with Gasteiger partial charge < -0.3 is 5.32 Å². The van der Waals surface area contributed by atoms with Gasteiger partial charge in [-0.2, -0.15) is 0 Å². The van der Waals surface area contributed by atoms with Gasteiger partial charge in [0.15, 0.2) is 0 Å². The normalized spacial score (nSPS) is 10.4. The molecule has 122 valence electrons. The molecule has 0 saturated carbocycles. The van der Waals surface area contributed by atoms with Gasteiger partial charge in [-0.1, -0.05) is 83.4 Å². The van der Waals surface area contributed by atoms with Crippen molar-refractivity contribution < 1.29 is 0 Å². The van der Waals surface area contributed by atoms with Crippen molar-refractivity contribution in [2.75, 3.05) is 11.9 Å². The highest BCUT2D eigenvalue weighted by Gasteiger charge is 1.95. The van der Waals surface area contributed by atoms with E-state index in [4.69, 9.17) is 0 Å². The summed E-state index contributed by atoms with van der Waals surface area (Å²) in [5, 5.41) is 3.47. The topological polar surface area (TPSA) is 12.0 Å². The molecule has 2 heteroatoms. The first-order valence-corrected chi connectivity index (χ1v) is 8.58. The third kappa shape index (κ3) is 12.7. The van der Waals surface area contributed by atoms with Crippen LogP contribution in [0.3, 0.4) is 0 Å². The van der Waals surface area contributed by atoms with Crippen LogP contribution in [-0.4, -0.2) is 6.54 Å². The highest BCUT2D eigenvalue weighted by Crippen LogP contribution is 2.12. The van der Waals surface area contributed by atoms with Crippen LogP contribution in [0.1, 0.15) is 71.6 Å². The van der Waals surface area contributed by atoms with E-state index in [1.165, 1.54) is 63.5 Å². The summed E-state index contributed by atoms with van der Waals surface area (Å²) in [6.07, 6.45) is 12.6. The van der Waals surface area contributed by atoms with Gasteiger partial charge in [-0.25, -0.2) is 0 Å². The van der Waals surface area contributed by atoms with Crippen LogP contribution >= 0.6 is 12.4 Å². The second kappa shape index (κ2) is 14.3. The third-order valence-electron chi connectivity index (χ3n) is 3.81. The summed E-state index contributed by atoms with van der Waals surface area (Å²) >= 11 is 0. The van der Waals surface area contributed by atoms with Gasteiger partial charge in [0.1, 0.15) is 0 Å². The number of para-hydroxylation sites is 1. The van der Waals surface area contributed by atoms with Crippen LogP contribution in [0.2, 0.25) is 0 Å². The summed E-state index contributed by atoms with van der Waals surface area (Å²) in [6, 6.07) is 10.5. The first kappa shape index (κ1) is 20.3. The van der Waals surface area contributed by atoms with Crippen LogP contribution in [0, 0.1) is 5.92 Å². The van der Waals surface area contributed by atoms with Crippen LogP contribution in [0.5, 0.6) is 0 Å². The van der Waals surface area contributed by atoms with Gasteiger partial charge in [-0.3, -0.25) is 0 Å². The van der Waals surface area contributed by atoms with Gasteiger partial charge in [0, 0.05) is 12.2 Å². The number of unbranched alkanes of at least 4 members (excludes halogenated alkanes) is 7. The Bertz CT molecular complexity index is 311. The van der Waals surface area contributed by atoms with Gasteiger partial charge in [-0.15, -0.1) is 12.4 Å². The molecule has 0 atom stereocenters. The number of benzene rings is 1. The van der Waals surface area contributed by atoms with E-state index in [0.29, 0.717) is 0 Å². The molecule has 0 bridgehead atoms. The zero-order chi connectivity index (χ0) is 14.5. The van der Waals surface area contributed by atoms with Crippen LogP contribution in [0.25, 0.3) is 0 Å². The maximum atomic E-state index is 3.47. The molecule has 21 heavy (non-hydrogen) atoms. The standard InChI is InChI=1S/C19H33N.ClH/c1-18(2)14-10-7-5-3-4-6-8-13-17-20-19-15-11-9-12-16-19;/h9,11-12,15-16,18,20H,3-8,10,13-14,17H2,1-2H3;1H. The Morgan fingerprint density at radius 1 is 0.762 bits per heavy atom. The zero-order valence-corrected chi connectivity index (χ0v) is 14.8. The molecule has 1 N–H and O–H groups in total. The van der Waals surface area contributed by atoms with E-state index >= 15 is 0 Å². The molecule has 1 nitrogen and oxygen atoms in total. The lowest BCUT2D eigenvalue weighted by Crippen LogP contribution is -2.00. The van der Waals surface area contributed by atoms with Crippen LogP contribution in [0.4, 0.5) is 5.69 Å². The number of hydrogen-bond acceptors (Lipinski definition) is 1. The molecule has 0 spiro atoms. The molecule has 0 heterocycles. The summed E-state index contributed by atoms with van der Waals surface area (Å²) < 4.78 is 0. The highest BCUT2D eigenvalue weighted by atomic mass is 35.5. The van der Waals surface area contributed by atoms with E-state index in [-0.39, 0.29) is 12.4 Å². The Labute approximate surface area is 138 Å². The Kier molecular flexibility index (Phi) is 13.8. The van der Waals surface area contributed by atoms with Crippen molar-refractivity contribution in [1.29, 1.82) is 0 Å². The molecule has 1 aromatic carbocycles. The maximum Gasteiger partial charge on any atom is 0.0340 e. The fraction of sp³-hybridized carbons (Fsp3) is 0.684. The fourth-order valence-corrected chi connectivity index (χ4v) is 2.53. The molecular formula is C19H34ClN. The summed E-state index contributed by atoms with van der Waals surface area (Å²) in [5.41, 5.74) is 1.25. The smallest absolute Gasteiger partial charge is 0.0340 e. The van der Waals surface area contributed by atoms with Gasteiger partial charge >= 0.3 is 0 Å². The van der Waals surface area contributed by atoms with Crippen molar-refractivity contribution in [3.63, 3.8) is 0 Å². The number of halogens is 1. The number of hydrogen-bond donors (Lipinski definition) is 1. The lowest BCUT2D eigenvalue weighted by atomic mass is 10.0. The van der Waals surface area contributed by atoms with Crippen molar-refractivity contribution in [3.05, 3.63) is 30.3 Å². The van der Waals surface area contributed by atoms with Crippen molar-refractivity contribution in [2.45, 2.75) is 71.6 Å². The number of nitrogens with one attached hydrogen (secondary N) is 1. The lowest BCUT2D eigenvalue weighted by Gasteiger charge is -2.06. The molecule has 0 aromatic heterocycles. The van der Waals surface area contributed by atoms with E-state index in [2.05, 4.69) is 49.5 Å². The molecule has 0 unspecified atom stereocenters. The second-order valence-corrected chi connectivity index (χ2v) is 6.30. The highest BCUT2D eigenvalue weighted by molar-refractivity contribution is 5.85. The summed E-state index contributed by atoms with van der Waals surface area (Å²) in [7, 11) is 0. The lowest BCUT2D eigenvalue weighted by molar-refractivity contribution is 0.508. The number of rotatable bonds is 12. The van der Waals surface area contributed by atoms with Gasteiger partial charge in [-0.05, 0) is 24.5 Å². The average molecular weight is 312 g/mol. The Morgan fingerprint density at radius 3 is 1.86 bits per heavy atom. The molecular weight excluding hydrogens is 278 g/mol. The molecule has 0 aliphatic heterocycles. The maximum absolute atomic E-state index is 3.47. The Morgan fingerprint density at radius 2 is 1.29 bits per heavy atom. The van der Waals surface area contributed by atoms with Gasteiger partial charge in [0.25, 0.3) is 0 Å². The largest absolute Gasteiger partial charge is 0.385 e. The molecule has 1 aromatic rings. The quantitative estimate of drug-likeness (QED) is 0.424. The predicted molar refractivity (Wildman–Crippen MR) is 98.6 cm³/mol. The van der Waals surface area contributed by atoms with Crippen LogP contribution in [-0.2, 0) is 0 Å². The Balaban J connectivity index is 0.00000400. The molecule has 0 saturated heterocycles.